The first-order valence-electron chi connectivity index (χ1n) is 3.90. The van der Waals surface area contributed by atoms with Gasteiger partial charge in [0.1, 0.15) is 0 Å². The summed E-state index contributed by atoms with van der Waals surface area (Å²) in [6.07, 6.45) is 0. The van der Waals surface area contributed by atoms with Gasteiger partial charge in [-0.05, 0) is 17.7 Å². The summed E-state index contributed by atoms with van der Waals surface area (Å²) in [5, 5.41) is 17.0. The summed E-state index contributed by atoms with van der Waals surface area (Å²) in [7, 11) is 0. The molecule has 0 radical (unpaired) electrons. The summed E-state index contributed by atoms with van der Waals surface area (Å²) in [5.74, 6) is 0. The van der Waals surface area contributed by atoms with Crippen LogP contribution in [0.25, 0.3) is 16.0 Å². The van der Waals surface area contributed by atoms with Crippen molar-refractivity contribution in [2.75, 3.05) is 0 Å². The molecule has 0 aromatic heterocycles. The van der Waals surface area contributed by atoms with Gasteiger partial charge in [0.15, 0.2) is 0 Å². The number of nitrogens with zero attached hydrogens (tertiary/aromatic N) is 4. The van der Waals surface area contributed by atoms with Gasteiger partial charge in [0.2, 0.25) is 0 Å². The van der Waals surface area contributed by atoms with Crippen LogP contribution in [0.4, 0.5) is 0 Å². The number of nitriles is 1. The van der Waals surface area contributed by atoms with Crippen LogP contribution in [0.3, 0.4) is 0 Å². The van der Waals surface area contributed by atoms with Crippen molar-refractivity contribution >= 4 is 27.2 Å². The molecule has 90 valence electrons. The Kier molecular flexibility index (Phi) is 34.1. The third-order valence-corrected chi connectivity index (χ3v) is 1.27. The molecular weight excluding hydrogens is 428 g/mol. The van der Waals surface area contributed by atoms with Crippen LogP contribution in [-0.2, 0) is 19.8 Å². The molecule has 1 aromatic rings. The van der Waals surface area contributed by atoms with Gasteiger partial charge >= 0.3 is 70.0 Å². The second-order valence-electron chi connectivity index (χ2n) is 2.16. The second kappa shape index (κ2) is 22.7. The van der Waals surface area contributed by atoms with Gasteiger partial charge in [-0.3, -0.25) is 4.91 Å². The molecule has 0 fully saturated rings. The molecule has 1 aromatic carbocycles. The molecule has 0 amide bonds. The van der Waals surface area contributed by atoms with Gasteiger partial charge in [-0.25, -0.2) is 0 Å². The second-order valence-corrected chi connectivity index (χ2v) is 16.2. The van der Waals surface area contributed by atoms with Crippen molar-refractivity contribution in [3.63, 3.8) is 0 Å². The zero-order valence-electron chi connectivity index (χ0n) is 9.22. The summed E-state index contributed by atoms with van der Waals surface area (Å²) >= 11 is 6.25. The van der Waals surface area contributed by atoms with Crippen molar-refractivity contribution in [1.29, 1.82) is 5.26 Å². The summed E-state index contributed by atoms with van der Waals surface area (Å²) in [4.78, 5) is 1.50. The van der Waals surface area contributed by atoms with E-state index < -0.39 is 0 Å². The predicted octanol–water partition coefficient (Wildman–Crippen LogP) is 1.25. The van der Waals surface area contributed by atoms with Crippen LogP contribution in [-0.4, -0.2) is 5.11 Å². The molecule has 0 aliphatic carbocycles. The summed E-state index contributed by atoms with van der Waals surface area (Å²) < 4.78 is 0. The van der Waals surface area contributed by atoms with E-state index in [1.807, 2.05) is 6.07 Å². The van der Waals surface area contributed by atoms with E-state index in [-0.39, 0.29) is 56.8 Å². The molecule has 18 heavy (non-hydrogen) atoms. The molecular formula is C9H11Br2N4NaOZn. The number of hydrogen-bond acceptors (Lipinski definition) is 2. The minimum atomic E-state index is -0.250. The molecule has 5 nitrogen and oxygen atoms in total. The Morgan fingerprint density at radius 3 is 1.83 bits per heavy atom. The van der Waals surface area contributed by atoms with Crippen molar-refractivity contribution < 1.29 is 47.9 Å². The number of hydrogen-bond donors (Lipinski definition) is 1. The summed E-state index contributed by atoms with van der Waals surface area (Å²) in [5.41, 5.74) is 15.0. The van der Waals surface area contributed by atoms with E-state index in [9.17, 15) is 0 Å². The normalized spacial score (nSPS) is 5.89. The fourth-order valence-corrected chi connectivity index (χ4v) is 0.685. The zero-order valence-corrected chi connectivity index (χ0v) is 17.4. The molecule has 0 bridgehead atoms. The molecule has 0 saturated carbocycles. The molecule has 9 heteroatoms. The first-order chi connectivity index (χ1) is 7.69. The van der Waals surface area contributed by atoms with Crippen LogP contribution in [0.2, 0.25) is 0 Å². The zero-order chi connectivity index (χ0) is 12.8. The third kappa shape index (κ3) is 18.9. The topological polar surface area (TPSA) is 103 Å². The Labute approximate surface area is 150 Å². The average Bonchev–Trinajstić information content (AvgIpc) is 2.31. The fourth-order valence-electron chi connectivity index (χ4n) is 0.685. The van der Waals surface area contributed by atoms with Crippen LogP contribution in [0, 0.1) is 11.3 Å². The molecule has 0 saturated heterocycles. The Morgan fingerprint density at radius 1 is 1.28 bits per heavy atom. The average molecular weight is 439 g/mol. The van der Waals surface area contributed by atoms with E-state index in [1.165, 1.54) is 4.91 Å². The molecule has 0 unspecified atom stereocenters. The minimum Gasteiger partial charge on any atom is -0.373 e. The van der Waals surface area contributed by atoms with Gasteiger partial charge < -0.3 is 16.2 Å². The standard InChI is InChI=1S/C8H7NO.CH4.2BrH.N3.Na.Zn/c9-5-7-1-3-8(6-10)4-2-7;;;;1-3-2;;/h1-4,10H,6H2;1H4;2*1H;;;/q;;;;-1;+1;+2/p-2. The van der Waals surface area contributed by atoms with Crippen LogP contribution in [0.5, 0.6) is 0 Å². The maximum atomic E-state index is 8.62. The van der Waals surface area contributed by atoms with E-state index in [1.54, 1.807) is 24.3 Å². The van der Waals surface area contributed by atoms with Crippen molar-refractivity contribution in [1.82, 2.24) is 0 Å². The van der Waals surface area contributed by atoms with Crippen molar-refractivity contribution in [3.8, 4) is 6.07 Å². The Hall–Kier alpha value is 0.563. The number of rotatable bonds is 1. The fraction of sp³-hybridized carbons (Fsp3) is 0.222. The number of benzene rings is 1. The summed E-state index contributed by atoms with van der Waals surface area (Å²) in [6, 6.07) is 8.84. The minimum absolute atomic E-state index is 0. The maximum Gasteiger partial charge on any atom is 1.00 e. The van der Waals surface area contributed by atoms with E-state index in [0.717, 1.165) is 5.56 Å². The first kappa shape index (κ1) is 27.0. The monoisotopic (exact) mass is 436 g/mol. The molecule has 0 spiro atoms. The molecule has 0 atom stereocenters. The van der Waals surface area contributed by atoms with Crippen LogP contribution < -0.4 is 29.6 Å². The number of aliphatic hydroxyl groups is 1. The largest absolute Gasteiger partial charge is 1.00 e. The Bertz CT molecular complexity index is 353. The van der Waals surface area contributed by atoms with Gasteiger partial charge in [-0.2, -0.15) is 5.26 Å². The van der Waals surface area contributed by atoms with Crippen LogP contribution in [0.1, 0.15) is 18.6 Å². The maximum absolute atomic E-state index is 8.62. The molecule has 1 rings (SSSR count). The first-order valence-corrected chi connectivity index (χ1v) is 17.8. The quantitative estimate of drug-likeness (QED) is 0.308. The molecule has 0 heterocycles. The smallest absolute Gasteiger partial charge is 0.373 e. The van der Waals surface area contributed by atoms with Crippen LogP contribution in [0.15, 0.2) is 24.3 Å². The Morgan fingerprint density at radius 2 is 1.61 bits per heavy atom. The molecule has 0 aliphatic heterocycles. The third-order valence-electron chi connectivity index (χ3n) is 1.27. The van der Waals surface area contributed by atoms with Gasteiger partial charge in [-0.1, -0.05) is 19.6 Å². The summed E-state index contributed by atoms with van der Waals surface area (Å²) in [6.45, 7) is 0.0334. The predicted molar refractivity (Wildman–Crippen MR) is 71.7 cm³/mol. The Balaban J connectivity index is -0.000000106. The van der Waals surface area contributed by atoms with Crippen molar-refractivity contribution in [2.24, 2.45) is 0 Å². The van der Waals surface area contributed by atoms with Crippen molar-refractivity contribution in [3.05, 3.63) is 51.4 Å². The van der Waals surface area contributed by atoms with Gasteiger partial charge in [0.25, 0.3) is 0 Å². The number of aliphatic hydroxyl groups excluding tert-OH is 1. The SMILES string of the molecule is C.N#Cc1ccc(CO)cc1.[Br][Zn][Br].[N-]=[N+]=[N-].[Na+]. The van der Waals surface area contributed by atoms with Crippen LogP contribution >= 0.6 is 27.2 Å². The van der Waals surface area contributed by atoms with Gasteiger partial charge in [-0.15, -0.1) is 0 Å². The molecule has 1 N–H and O–H groups in total. The van der Waals surface area contributed by atoms with E-state index in [2.05, 4.69) is 27.2 Å². The molecule has 0 aliphatic rings. The van der Waals surface area contributed by atoms with E-state index >= 15 is 0 Å². The van der Waals surface area contributed by atoms with E-state index in [4.69, 9.17) is 21.4 Å². The van der Waals surface area contributed by atoms with Gasteiger partial charge in [0.05, 0.1) is 18.2 Å². The van der Waals surface area contributed by atoms with Gasteiger partial charge in [0, 0.05) is 0 Å². The van der Waals surface area contributed by atoms with Crippen molar-refractivity contribution in [2.45, 2.75) is 14.0 Å². The van der Waals surface area contributed by atoms with E-state index in [0.29, 0.717) is 5.56 Å². The number of halogens is 2.